The first-order chi connectivity index (χ1) is 17.8. The number of hydrogen-bond donors (Lipinski definition) is 0. The maximum Gasteiger partial charge on any atom is 0.277 e. The monoisotopic (exact) mass is 539 g/mol. The summed E-state index contributed by atoms with van der Waals surface area (Å²) in [6, 6.07) is 16.3. The lowest BCUT2D eigenvalue weighted by Crippen LogP contribution is -2.41. The smallest absolute Gasteiger partial charge is 0.277 e. The molecule has 0 spiro atoms. The summed E-state index contributed by atoms with van der Waals surface area (Å²) in [4.78, 5) is 27.5. The Bertz CT molecular complexity index is 1600. The molecule has 4 aromatic rings. The largest absolute Gasteiger partial charge is 0.409 e. The molecule has 2 aromatic carbocycles. The van der Waals surface area contributed by atoms with Gasteiger partial charge in [-0.25, -0.2) is 13.1 Å². The maximum atomic E-state index is 13.1. The fourth-order valence-electron chi connectivity index (χ4n) is 4.49. The topological polar surface area (TPSA) is 128 Å². The minimum atomic E-state index is -3.10. The lowest BCUT2D eigenvalue weighted by atomic mass is 10.1. The zero-order valence-electron chi connectivity index (χ0n) is 20.1. The molecule has 192 valence electrons. The second-order valence-corrected chi connectivity index (χ2v) is 11.9. The second-order valence-electron chi connectivity index (χ2n) is 8.74. The molecule has 37 heavy (non-hydrogen) atoms. The molecular weight excluding hydrogens is 514 g/mol. The third-order valence-electron chi connectivity index (χ3n) is 6.28. The van der Waals surface area contributed by atoms with Gasteiger partial charge < -0.3 is 9.32 Å². The van der Waals surface area contributed by atoms with E-state index < -0.39 is 9.84 Å². The Morgan fingerprint density at radius 1 is 1.11 bits per heavy atom. The van der Waals surface area contributed by atoms with E-state index in [-0.39, 0.29) is 52.4 Å². The molecule has 3 heterocycles. The van der Waals surface area contributed by atoms with Gasteiger partial charge in [-0.05, 0) is 25.0 Å². The average Bonchev–Trinajstić information content (AvgIpc) is 3.51. The normalized spacial score (nSPS) is 16.7. The van der Waals surface area contributed by atoms with Crippen LogP contribution in [0.1, 0.15) is 18.9 Å². The average molecular weight is 540 g/mol. The Morgan fingerprint density at radius 3 is 2.54 bits per heavy atom. The van der Waals surface area contributed by atoms with Crippen LogP contribution in [0.5, 0.6) is 0 Å². The van der Waals surface area contributed by atoms with E-state index in [1.54, 1.807) is 23.1 Å². The van der Waals surface area contributed by atoms with E-state index in [0.29, 0.717) is 29.4 Å². The minimum Gasteiger partial charge on any atom is -0.409 e. The van der Waals surface area contributed by atoms with Crippen LogP contribution in [0.15, 0.2) is 69.0 Å². The molecular formula is C25H25N5O5S2. The molecule has 1 fully saturated rings. The molecule has 1 amide bonds. The Morgan fingerprint density at radius 2 is 1.84 bits per heavy atom. The molecule has 2 aromatic heterocycles. The van der Waals surface area contributed by atoms with Gasteiger partial charge in [-0.15, -0.1) is 10.2 Å². The number of aromatic nitrogens is 4. The van der Waals surface area contributed by atoms with Crippen molar-refractivity contribution in [1.82, 2.24) is 24.9 Å². The lowest BCUT2D eigenvalue weighted by molar-refractivity contribution is -0.129. The molecule has 1 aliphatic rings. The van der Waals surface area contributed by atoms with Crippen molar-refractivity contribution in [2.45, 2.75) is 31.2 Å². The number of nitrogens with zero attached hydrogens (tertiary/aromatic N) is 5. The van der Waals surface area contributed by atoms with Crippen LogP contribution in [0.4, 0.5) is 0 Å². The number of thioether (sulfide) groups is 1. The summed E-state index contributed by atoms with van der Waals surface area (Å²) in [6.07, 6.45) is 0.453. The van der Waals surface area contributed by atoms with Crippen molar-refractivity contribution in [2.24, 2.45) is 0 Å². The zero-order valence-corrected chi connectivity index (χ0v) is 21.7. The molecule has 0 bridgehead atoms. The molecule has 1 atom stereocenters. The van der Waals surface area contributed by atoms with Crippen molar-refractivity contribution in [3.8, 4) is 11.6 Å². The molecule has 1 unspecified atom stereocenters. The summed E-state index contributed by atoms with van der Waals surface area (Å²) in [5, 5.41) is 14.0. The molecule has 1 saturated heterocycles. The number of fused-ring (bicyclic) bond motifs is 1. The number of sulfone groups is 1. The lowest BCUT2D eigenvalue weighted by Gasteiger charge is -2.26. The quantitative estimate of drug-likeness (QED) is 0.310. The summed E-state index contributed by atoms with van der Waals surface area (Å²) < 4.78 is 30.9. The molecule has 10 nitrogen and oxygen atoms in total. The van der Waals surface area contributed by atoms with Gasteiger partial charge in [0.2, 0.25) is 5.91 Å². The van der Waals surface area contributed by atoms with Gasteiger partial charge in [-0.1, -0.05) is 60.3 Å². The van der Waals surface area contributed by atoms with E-state index >= 15 is 0 Å². The van der Waals surface area contributed by atoms with Crippen molar-refractivity contribution < 1.29 is 17.6 Å². The third kappa shape index (κ3) is 5.44. The summed E-state index contributed by atoms with van der Waals surface area (Å²) in [6.45, 7) is 2.54. The van der Waals surface area contributed by atoms with Crippen molar-refractivity contribution in [3.63, 3.8) is 0 Å². The fourth-order valence-corrected chi connectivity index (χ4v) is 6.87. The van der Waals surface area contributed by atoms with Gasteiger partial charge in [0.1, 0.15) is 0 Å². The van der Waals surface area contributed by atoms with Gasteiger partial charge in [-0.3, -0.25) is 9.59 Å². The number of carbonyl (C=O) groups is 1. The van der Waals surface area contributed by atoms with Crippen LogP contribution in [0.3, 0.4) is 0 Å². The highest BCUT2D eigenvalue weighted by atomic mass is 32.2. The van der Waals surface area contributed by atoms with Gasteiger partial charge >= 0.3 is 0 Å². The van der Waals surface area contributed by atoms with E-state index in [1.165, 1.54) is 4.68 Å². The summed E-state index contributed by atoms with van der Waals surface area (Å²) in [5.74, 6) is 0.0961. The van der Waals surface area contributed by atoms with Crippen molar-refractivity contribution in [3.05, 3.63) is 70.5 Å². The molecule has 0 saturated carbocycles. The number of rotatable bonds is 8. The van der Waals surface area contributed by atoms with Crippen molar-refractivity contribution >= 4 is 38.3 Å². The fraction of sp³-hybridized carbons (Fsp3) is 0.320. The van der Waals surface area contributed by atoms with Crippen molar-refractivity contribution in [1.29, 1.82) is 0 Å². The van der Waals surface area contributed by atoms with Crippen LogP contribution >= 0.6 is 11.8 Å². The van der Waals surface area contributed by atoms with E-state index in [4.69, 9.17) is 4.42 Å². The van der Waals surface area contributed by atoms with E-state index in [2.05, 4.69) is 15.3 Å². The number of benzene rings is 2. The van der Waals surface area contributed by atoms with Crippen LogP contribution in [0.2, 0.25) is 0 Å². The molecule has 12 heteroatoms. The third-order valence-corrected chi connectivity index (χ3v) is 8.83. The number of hydrogen-bond acceptors (Lipinski definition) is 9. The Labute approximate surface area is 217 Å². The van der Waals surface area contributed by atoms with E-state index in [0.717, 1.165) is 17.3 Å². The SMILES string of the molecule is CCN(C(=O)CSc1nnc(-c2nn(Cc3ccccc3)c(=O)c3ccccc23)o1)C1CCS(=O)(=O)C1. The maximum absolute atomic E-state index is 13.1. The zero-order chi connectivity index (χ0) is 26.0. The number of carbonyl (C=O) groups excluding carboxylic acids is 1. The van der Waals surface area contributed by atoms with Gasteiger partial charge in [-0.2, -0.15) is 5.10 Å². The highest BCUT2D eigenvalue weighted by Crippen LogP contribution is 2.27. The van der Waals surface area contributed by atoms with Gasteiger partial charge in [0.15, 0.2) is 15.5 Å². The Kier molecular flexibility index (Phi) is 7.11. The summed E-state index contributed by atoms with van der Waals surface area (Å²) in [5.41, 5.74) is 1.08. The van der Waals surface area contributed by atoms with Crippen LogP contribution in [0.25, 0.3) is 22.4 Å². The Balaban J connectivity index is 1.38. The van der Waals surface area contributed by atoms with E-state index in [1.807, 2.05) is 43.3 Å². The van der Waals surface area contributed by atoms with E-state index in [9.17, 15) is 18.0 Å². The highest BCUT2D eigenvalue weighted by molar-refractivity contribution is 7.99. The van der Waals surface area contributed by atoms with Crippen LogP contribution in [0, 0.1) is 0 Å². The minimum absolute atomic E-state index is 0.000608. The molecule has 0 radical (unpaired) electrons. The first-order valence-electron chi connectivity index (χ1n) is 11.8. The molecule has 0 aliphatic carbocycles. The van der Waals surface area contributed by atoms with Crippen LogP contribution in [-0.4, -0.2) is 69.0 Å². The molecule has 1 aliphatic heterocycles. The predicted octanol–water partition coefficient (Wildman–Crippen LogP) is 2.62. The highest BCUT2D eigenvalue weighted by Gasteiger charge is 2.34. The van der Waals surface area contributed by atoms with Gasteiger partial charge in [0, 0.05) is 18.0 Å². The standard InChI is InChI=1S/C25H25N5O5S2/c1-2-29(18-12-13-37(33,34)16-18)21(31)15-36-25-27-26-23(35-25)22-19-10-6-7-11-20(19)24(32)30(28-22)14-17-8-4-3-5-9-17/h3-11,18H,2,12-16H2,1H3. The van der Waals surface area contributed by atoms with Crippen molar-refractivity contribution in [2.75, 3.05) is 23.8 Å². The summed E-state index contributed by atoms with van der Waals surface area (Å²) in [7, 11) is -3.10. The van der Waals surface area contributed by atoms with Crippen LogP contribution in [-0.2, 0) is 21.2 Å². The summed E-state index contributed by atoms with van der Waals surface area (Å²) >= 11 is 1.08. The first-order valence-corrected chi connectivity index (χ1v) is 14.7. The molecule has 5 rings (SSSR count). The van der Waals surface area contributed by atoms with Crippen LogP contribution < -0.4 is 5.56 Å². The Hall–Kier alpha value is -3.51. The second kappa shape index (κ2) is 10.5. The van der Waals surface area contributed by atoms with Gasteiger partial charge in [0.25, 0.3) is 16.7 Å². The predicted molar refractivity (Wildman–Crippen MR) is 140 cm³/mol. The number of amides is 1. The molecule has 0 N–H and O–H groups in total. The first kappa shape index (κ1) is 25.2. The van der Waals surface area contributed by atoms with Gasteiger partial charge in [0.05, 0.1) is 29.2 Å².